The molecule has 0 saturated carbocycles. The number of carboxylic acids is 1. The maximum Gasteiger partial charge on any atom is 0.326 e. The van der Waals surface area contributed by atoms with Crippen molar-refractivity contribution in [3.63, 3.8) is 0 Å². The van der Waals surface area contributed by atoms with Crippen LogP contribution in [0.3, 0.4) is 0 Å². The number of carbonyl (C=O) groups is 2. The minimum absolute atomic E-state index is 0.0980. The number of hydrogen-bond donors (Lipinski definition) is 3. The summed E-state index contributed by atoms with van der Waals surface area (Å²) in [4.78, 5) is 29.2. The third-order valence-corrected chi connectivity index (χ3v) is 6.26. The van der Waals surface area contributed by atoms with Crippen LogP contribution in [0.1, 0.15) is 45.1 Å². The fourth-order valence-corrected chi connectivity index (χ4v) is 4.29. The van der Waals surface area contributed by atoms with E-state index in [1.165, 1.54) is 12.1 Å². The molecule has 1 atom stereocenters. The molecule has 2 heterocycles. The zero-order valence-corrected chi connectivity index (χ0v) is 21.5. The Morgan fingerprint density at radius 2 is 1.84 bits per heavy atom. The van der Waals surface area contributed by atoms with Crippen LogP contribution in [-0.2, 0) is 24.2 Å². The van der Waals surface area contributed by atoms with Crippen LogP contribution in [0.5, 0.6) is 0 Å². The van der Waals surface area contributed by atoms with Crippen molar-refractivity contribution in [3.05, 3.63) is 106 Å². The number of rotatable bonds is 10. The van der Waals surface area contributed by atoms with E-state index in [2.05, 4.69) is 20.7 Å². The standard InChI is InChI=1S/C29H30FN5O3/c1-4-22-14-23(30)12-19(3)27(22)28(36)34-25(29(37)38)13-20-5-7-24(8-6-20)35-17-21(16-33-35)15-32-26-11-18(2)9-10-31-26/h5-12,14,16-17,25H,4,13,15H2,1-3H3,(H,31,32)(H,34,36)(H,37,38). The molecule has 38 heavy (non-hydrogen) atoms. The highest BCUT2D eigenvalue weighted by Gasteiger charge is 2.24. The summed E-state index contributed by atoms with van der Waals surface area (Å²) in [7, 11) is 0. The normalized spacial score (nSPS) is 11.7. The average molecular weight is 516 g/mol. The van der Waals surface area contributed by atoms with Gasteiger partial charge >= 0.3 is 5.97 Å². The summed E-state index contributed by atoms with van der Waals surface area (Å²) in [5.41, 5.74) is 4.99. The van der Waals surface area contributed by atoms with Crippen LogP contribution in [0.2, 0.25) is 0 Å². The molecule has 0 aliphatic rings. The molecule has 2 aromatic heterocycles. The van der Waals surface area contributed by atoms with Gasteiger partial charge in [-0.25, -0.2) is 18.9 Å². The van der Waals surface area contributed by atoms with E-state index >= 15 is 0 Å². The van der Waals surface area contributed by atoms with Crippen LogP contribution in [0.25, 0.3) is 5.69 Å². The van der Waals surface area contributed by atoms with Gasteiger partial charge in [0.25, 0.3) is 5.91 Å². The van der Waals surface area contributed by atoms with Crippen molar-refractivity contribution in [2.45, 2.75) is 46.2 Å². The van der Waals surface area contributed by atoms with E-state index in [0.29, 0.717) is 29.7 Å². The van der Waals surface area contributed by atoms with Gasteiger partial charge in [-0.1, -0.05) is 19.1 Å². The van der Waals surface area contributed by atoms with E-state index in [-0.39, 0.29) is 6.42 Å². The molecule has 0 fully saturated rings. The molecule has 4 aromatic rings. The number of nitrogens with one attached hydrogen (secondary N) is 2. The van der Waals surface area contributed by atoms with Crippen molar-refractivity contribution < 1.29 is 19.1 Å². The Bertz CT molecular complexity index is 1450. The van der Waals surface area contributed by atoms with Gasteiger partial charge in [-0.3, -0.25) is 4.79 Å². The van der Waals surface area contributed by atoms with E-state index < -0.39 is 23.7 Å². The van der Waals surface area contributed by atoms with Crippen molar-refractivity contribution in [2.75, 3.05) is 5.32 Å². The van der Waals surface area contributed by atoms with Gasteiger partial charge in [0.1, 0.15) is 17.7 Å². The summed E-state index contributed by atoms with van der Waals surface area (Å²) in [5.74, 6) is -1.30. The first-order valence-electron chi connectivity index (χ1n) is 12.4. The van der Waals surface area contributed by atoms with Gasteiger partial charge in [0.15, 0.2) is 0 Å². The van der Waals surface area contributed by atoms with E-state index in [9.17, 15) is 19.1 Å². The molecule has 196 valence electrons. The number of nitrogens with zero attached hydrogens (tertiary/aromatic N) is 3. The molecule has 2 aromatic carbocycles. The lowest BCUT2D eigenvalue weighted by atomic mass is 9.98. The van der Waals surface area contributed by atoms with Gasteiger partial charge in [-0.05, 0) is 78.9 Å². The second kappa shape index (κ2) is 11.7. The third-order valence-electron chi connectivity index (χ3n) is 6.26. The van der Waals surface area contributed by atoms with Crippen LogP contribution in [0, 0.1) is 19.7 Å². The monoisotopic (exact) mass is 515 g/mol. The fraction of sp³-hybridized carbons (Fsp3) is 0.241. The van der Waals surface area contributed by atoms with Gasteiger partial charge in [0, 0.05) is 36.5 Å². The lowest BCUT2D eigenvalue weighted by Crippen LogP contribution is -2.42. The Morgan fingerprint density at radius 1 is 1.08 bits per heavy atom. The van der Waals surface area contributed by atoms with Crippen LogP contribution < -0.4 is 10.6 Å². The van der Waals surface area contributed by atoms with Crippen LogP contribution in [-0.4, -0.2) is 37.8 Å². The van der Waals surface area contributed by atoms with Crippen molar-refractivity contribution in [2.24, 2.45) is 0 Å². The molecule has 3 N–H and O–H groups in total. The highest BCUT2D eigenvalue weighted by Crippen LogP contribution is 2.19. The number of carbonyl (C=O) groups excluding carboxylic acids is 1. The second-order valence-corrected chi connectivity index (χ2v) is 9.21. The number of amides is 1. The first-order valence-corrected chi connectivity index (χ1v) is 12.4. The van der Waals surface area contributed by atoms with Gasteiger partial charge in [-0.15, -0.1) is 0 Å². The maximum absolute atomic E-state index is 13.8. The minimum Gasteiger partial charge on any atom is -0.480 e. The quantitative estimate of drug-likeness (QED) is 0.284. The van der Waals surface area contributed by atoms with Gasteiger partial charge in [0.05, 0.1) is 11.9 Å². The Balaban J connectivity index is 1.41. The lowest BCUT2D eigenvalue weighted by Gasteiger charge is -2.18. The van der Waals surface area contributed by atoms with E-state index in [1.807, 2.05) is 56.4 Å². The van der Waals surface area contributed by atoms with E-state index in [1.54, 1.807) is 24.0 Å². The first kappa shape index (κ1) is 26.5. The van der Waals surface area contributed by atoms with E-state index in [0.717, 1.165) is 28.2 Å². The molecule has 0 spiro atoms. The Kier molecular flexibility index (Phi) is 8.15. The summed E-state index contributed by atoms with van der Waals surface area (Å²) in [6.07, 6.45) is 5.99. The van der Waals surface area contributed by atoms with Crippen LogP contribution in [0.4, 0.5) is 10.2 Å². The highest BCUT2D eigenvalue weighted by atomic mass is 19.1. The number of carboxylic acid groups (broad SMARTS) is 1. The van der Waals surface area contributed by atoms with Crippen molar-refractivity contribution >= 4 is 17.7 Å². The molecule has 0 aliphatic heterocycles. The van der Waals surface area contributed by atoms with Crippen LogP contribution in [0.15, 0.2) is 67.1 Å². The lowest BCUT2D eigenvalue weighted by molar-refractivity contribution is -0.139. The number of halogens is 1. The number of aryl methyl sites for hydroxylation is 3. The van der Waals surface area contributed by atoms with Gasteiger partial charge in [-0.2, -0.15) is 5.10 Å². The Hall–Kier alpha value is -4.53. The summed E-state index contributed by atoms with van der Waals surface area (Å²) in [5, 5.41) is 20.1. The largest absolute Gasteiger partial charge is 0.480 e. The van der Waals surface area contributed by atoms with E-state index in [4.69, 9.17) is 0 Å². The zero-order chi connectivity index (χ0) is 27.2. The predicted octanol–water partition coefficient (Wildman–Crippen LogP) is 4.62. The first-order chi connectivity index (χ1) is 18.2. The summed E-state index contributed by atoms with van der Waals surface area (Å²) < 4.78 is 15.5. The topological polar surface area (TPSA) is 109 Å². The SMILES string of the molecule is CCc1cc(F)cc(C)c1C(=O)NC(Cc1ccc(-n2cc(CNc3cc(C)ccn3)cn2)cc1)C(=O)O. The summed E-state index contributed by atoms with van der Waals surface area (Å²) in [6.45, 7) is 6.04. The molecular weight excluding hydrogens is 485 g/mol. The molecule has 4 rings (SSSR count). The van der Waals surface area contributed by atoms with Crippen LogP contribution >= 0.6 is 0 Å². The number of aromatic nitrogens is 3. The molecule has 8 nitrogen and oxygen atoms in total. The smallest absolute Gasteiger partial charge is 0.326 e. The third kappa shape index (κ3) is 6.42. The number of anilines is 1. The minimum atomic E-state index is -1.15. The summed E-state index contributed by atoms with van der Waals surface area (Å²) >= 11 is 0. The maximum atomic E-state index is 13.8. The fourth-order valence-electron chi connectivity index (χ4n) is 4.29. The number of pyridine rings is 1. The molecule has 1 unspecified atom stereocenters. The molecule has 0 bridgehead atoms. The molecule has 0 aliphatic carbocycles. The van der Waals surface area contributed by atoms with Crippen molar-refractivity contribution in [1.29, 1.82) is 0 Å². The second-order valence-electron chi connectivity index (χ2n) is 9.21. The molecule has 9 heteroatoms. The van der Waals surface area contributed by atoms with Crippen molar-refractivity contribution in [1.82, 2.24) is 20.1 Å². The average Bonchev–Trinajstić information content (AvgIpc) is 3.36. The number of hydrogen-bond acceptors (Lipinski definition) is 5. The zero-order valence-electron chi connectivity index (χ0n) is 21.5. The molecule has 1 amide bonds. The number of benzene rings is 2. The van der Waals surface area contributed by atoms with Crippen molar-refractivity contribution in [3.8, 4) is 5.69 Å². The highest BCUT2D eigenvalue weighted by molar-refractivity contribution is 5.99. The summed E-state index contributed by atoms with van der Waals surface area (Å²) in [6, 6.07) is 12.7. The Morgan fingerprint density at radius 3 is 2.53 bits per heavy atom. The molecule has 0 radical (unpaired) electrons. The molecular formula is C29H30FN5O3. The molecule has 0 saturated heterocycles. The number of aliphatic carboxylic acids is 1. The van der Waals surface area contributed by atoms with Gasteiger partial charge < -0.3 is 15.7 Å². The Labute approximate surface area is 220 Å². The predicted molar refractivity (Wildman–Crippen MR) is 143 cm³/mol. The van der Waals surface area contributed by atoms with Gasteiger partial charge in [0.2, 0.25) is 0 Å².